The van der Waals surface area contributed by atoms with E-state index in [4.69, 9.17) is 10.4 Å². The fourth-order valence-corrected chi connectivity index (χ4v) is 1.89. The zero-order valence-electron chi connectivity index (χ0n) is 10.8. The molecule has 98 valence electrons. The molecule has 0 bridgehead atoms. The Labute approximate surface area is 106 Å². The normalized spacial score (nSPS) is 10.6. The Morgan fingerprint density at radius 3 is 2.78 bits per heavy atom. The molecule has 0 aliphatic heterocycles. The van der Waals surface area contributed by atoms with Crippen molar-refractivity contribution in [1.82, 2.24) is 15.0 Å². The summed E-state index contributed by atoms with van der Waals surface area (Å²) in [6, 6.07) is 2.10. The van der Waals surface area contributed by atoms with Crippen LogP contribution in [0.3, 0.4) is 0 Å². The average molecular weight is 250 g/mol. The van der Waals surface area contributed by atoms with Gasteiger partial charge in [0.1, 0.15) is 0 Å². The molecule has 6 heteroatoms. The van der Waals surface area contributed by atoms with Crippen LogP contribution in [-0.4, -0.2) is 26.1 Å². The van der Waals surface area contributed by atoms with Gasteiger partial charge in [0.05, 0.1) is 23.9 Å². The van der Waals surface area contributed by atoms with Gasteiger partial charge in [0.15, 0.2) is 0 Å². The van der Waals surface area contributed by atoms with Crippen LogP contribution in [0.4, 0.5) is 0 Å². The Morgan fingerprint density at radius 2 is 2.22 bits per heavy atom. The second-order valence-electron chi connectivity index (χ2n) is 4.48. The SMILES string of the molecule is CC(C)c1c(CC(=O)O)nnn1CCCCC#N. The van der Waals surface area contributed by atoms with Crippen molar-refractivity contribution < 1.29 is 9.90 Å². The molecule has 0 aromatic carbocycles. The van der Waals surface area contributed by atoms with Crippen LogP contribution in [-0.2, 0) is 17.8 Å². The quantitative estimate of drug-likeness (QED) is 0.744. The number of carboxylic acids is 1. The van der Waals surface area contributed by atoms with Crippen LogP contribution in [0.2, 0.25) is 0 Å². The molecule has 0 saturated heterocycles. The van der Waals surface area contributed by atoms with E-state index in [2.05, 4.69) is 16.4 Å². The summed E-state index contributed by atoms with van der Waals surface area (Å²) in [7, 11) is 0. The van der Waals surface area contributed by atoms with Gasteiger partial charge in [0, 0.05) is 13.0 Å². The first kappa shape index (κ1) is 14.2. The fourth-order valence-electron chi connectivity index (χ4n) is 1.89. The van der Waals surface area contributed by atoms with Crippen LogP contribution in [0, 0.1) is 11.3 Å². The van der Waals surface area contributed by atoms with Crippen LogP contribution in [0.1, 0.15) is 50.4 Å². The Kier molecular flexibility index (Phi) is 5.31. The molecule has 0 spiro atoms. The Hall–Kier alpha value is -1.90. The van der Waals surface area contributed by atoms with Crippen molar-refractivity contribution in [2.24, 2.45) is 0 Å². The number of aromatic nitrogens is 3. The predicted octanol–water partition coefficient (Wildman–Crippen LogP) is 1.72. The summed E-state index contributed by atoms with van der Waals surface area (Å²) in [6.45, 7) is 4.67. The molecule has 0 aliphatic carbocycles. The Balaban J connectivity index is 2.75. The molecule has 1 aromatic heterocycles. The lowest BCUT2D eigenvalue weighted by molar-refractivity contribution is -0.136. The van der Waals surface area contributed by atoms with Crippen molar-refractivity contribution in [2.75, 3.05) is 0 Å². The van der Waals surface area contributed by atoms with Crippen LogP contribution < -0.4 is 0 Å². The van der Waals surface area contributed by atoms with Crippen LogP contribution >= 0.6 is 0 Å². The predicted molar refractivity (Wildman–Crippen MR) is 64.9 cm³/mol. The van der Waals surface area contributed by atoms with Gasteiger partial charge < -0.3 is 5.11 Å². The van der Waals surface area contributed by atoms with Crippen LogP contribution in [0.25, 0.3) is 0 Å². The van der Waals surface area contributed by atoms with E-state index < -0.39 is 5.97 Å². The molecule has 0 aliphatic rings. The molecule has 18 heavy (non-hydrogen) atoms. The summed E-state index contributed by atoms with van der Waals surface area (Å²) in [6.07, 6.45) is 2.12. The highest BCUT2D eigenvalue weighted by Crippen LogP contribution is 2.18. The minimum atomic E-state index is -0.895. The van der Waals surface area contributed by atoms with E-state index in [9.17, 15) is 4.79 Å². The second-order valence-corrected chi connectivity index (χ2v) is 4.48. The highest BCUT2D eigenvalue weighted by atomic mass is 16.4. The summed E-state index contributed by atoms with van der Waals surface area (Å²) in [5, 5.41) is 25.2. The van der Waals surface area contributed by atoms with Gasteiger partial charge >= 0.3 is 5.97 Å². The largest absolute Gasteiger partial charge is 0.481 e. The lowest BCUT2D eigenvalue weighted by Crippen LogP contribution is -2.10. The third-order valence-electron chi connectivity index (χ3n) is 2.62. The van der Waals surface area contributed by atoms with E-state index in [-0.39, 0.29) is 12.3 Å². The van der Waals surface area contributed by atoms with E-state index >= 15 is 0 Å². The Morgan fingerprint density at radius 1 is 1.50 bits per heavy atom. The average Bonchev–Trinajstić information content (AvgIpc) is 2.66. The number of hydrogen-bond acceptors (Lipinski definition) is 4. The zero-order valence-corrected chi connectivity index (χ0v) is 10.8. The molecule has 0 saturated carbocycles. The summed E-state index contributed by atoms with van der Waals surface area (Å²) in [4.78, 5) is 10.7. The van der Waals surface area contributed by atoms with Gasteiger partial charge in [-0.2, -0.15) is 5.26 Å². The smallest absolute Gasteiger partial charge is 0.309 e. The van der Waals surface area contributed by atoms with Crippen molar-refractivity contribution >= 4 is 5.97 Å². The molecule has 0 atom stereocenters. The van der Waals surface area contributed by atoms with E-state index in [1.54, 1.807) is 4.68 Å². The number of carbonyl (C=O) groups is 1. The number of hydrogen-bond donors (Lipinski definition) is 1. The molecule has 1 N–H and O–H groups in total. The van der Waals surface area contributed by atoms with Crippen molar-refractivity contribution in [3.63, 3.8) is 0 Å². The van der Waals surface area contributed by atoms with Gasteiger partial charge in [-0.15, -0.1) is 5.10 Å². The van der Waals surface area contributed by atoms with Crippen LogP contribution in [0.15, 0.2) is 0 Å². The standard InChI is InChI=1S/C12H18N4O2/c1-9(2)12-10(8-11(17)18)14-15-16(12)7-5-3-4-6-13/h9H,3-5,7-8H2,1-2H3,(H,17,18). The van der Waals surface area contributed by atoms with E-state index in [0.29, 0.717) is 18.7 Å². The summed E-state index contributed by atoms with van der Waals surface area (Å²) in [5.74, 6) is -0.709. The lowest BCUT2D eigenvalue weighted by atomic mass is 10.1. The second kappa shape index (κ2) is 6.74. The minimum absolute atomic E-state index is 0.0916. The topological polar surface area (TPSA) is 91.8 Å². The van der Waals surface area contributed by atoms with Crippen molar-refractivity contribution in [2.45, 2.75) is 52.0 Å². The number of nitrogens with zero attached hydrogens (tertiary/aromatic N) is 4. The first-order valence-electron chi connectivity index (χ1n) is 6.07. The van der Waals surface area contributed by atoms with Crippen molar-refractivity contribution in [1.29, 1.82) is 5.26 Å². The molecule has 0 unspecified atom stereocenters. The van der Waals surface area contributed by atoms with E-state index in [1.807, 2.05) is 13.8 Å². The lowest BCUT2D eigenvalue weighted by Gasteiger charge is -2.10. The minimum Gasteiger partial charge on any atom is -0.481 e. The number of unbranched alkanes of at least 4 members (excludes halogenated alkanes) is 2. The third kappa shape index (κ3) is 3.84. The molecule has 1 heterocycles. The molecular formula is C12H18N4O2. The third-order valence-corrected chi connectivity index (χ3v) is 2.62. The Bertz CT molecular complexity index is 445. The van der Waals surface area contributed by atoms with Gasteiger partial charge in [-0.25, -0.2) is 4.68 Å². The molecule has 6 nitrogen and oxygen atoms in total. The molecule has 0 amide bonds. The van der Waals surface area contributed by atoms with Gasteiger partial charge in [-0.05, 0) is 18.8 Å². The summed E-state index contributed by atoms with van der Waals surface area (Å²) in [5.41, 5.74) is 1.42. The first-order valence-corrected chi connectivity index (χ1v) is 6.07. The molecule has 1 rings (SSSR count). The van der Waals surface area contributed by atoms with Gasteiger partial charge in [-0.1, -0.05) is 19.1 Å². The zero-order chi connectivity index (χ0) is 13.5. The maximum Gasteiger partial charge on any atom is 0.309 e. The van der Waals surface area contributed by atoms with Crippen molar-refractivity contribution in [3.8, 4) is 6.07 Å². The maximum absolute atomic E-state index is 10.7. The van der Waals surface area contributed by atoms with E-state index in [1.165, 1.54) is 0 Å². The monoisotopic (exact) mass is 250 g/mol. The van der Waals surface area contributed by atoms with Gasteiger partial charge in [-0.3, -0.25) is 4.79 Å². The first-order chi connectivity index (χ1) is 8.56. The number of nitriles is 1. The van der Waals surface area contributed by atoms with Crippen molar-refractivity contribution in [3.05, 3.63) is 11.4 Å². The fraction of sp³-hybridized carbons (Fsp3) is 0.667. The molecule has 0 radical (unpaired) electrons. The number of aliphatic carboxylic acids is 1. The van der Waals surface area contributed by atoms with Crippen LogP contribution in [0.5, 0.6) is 0 Å². The molecule has 0 fully saturated rings. The summed E-state index contributed by atoms with van der Waals surface area (Å²) >= 11 is 0. The highest BCUT2D eigenvalue weighted by Gasteiger charge is 2.17. The van der Waals surface area contributed by atoms with Gasteiger partial charge in [0.2, 0.25) is 0 Å². The summed E-state index contributed by atoms with van der Waals surface area (Å²) < 4.78 is 1.76. The molecular weight excluding hydrogens is 232 g/mol. The van der Waals surface area contributed by atoms with E-state index in [0.717, 1.165) is 18.5 Å². The molecule has 1 aromatic rings. The number of aryl methyl sites for hydroxylation is 1. The number of carboxylic acid groups (broad SMARTS) is 1. The maximum atomic E-state index is 10.7. The highest BCUT2D eigenvalue weighted by molar-refractivity contribution is 5.69. The number of rotatable bonds is 7. The van der Waals surface area contributed by atoms with Gasteiger partial charge in [0.25, 0.3) is 0 Å².